The van der Waals surface area contributed by atoms with Crippen LogP contribution in [0.25, 0.3) is 0 Å². The molecule has 0 radical (unpaired) electrons. The van der Waals surface area contributed by atoms with Crippen molar-refractivity contribution >= 4 is 11.5 Å². The number of aliphatic imine (C=N–C) groups is 1. The van der Waals surface area contributed by atoms with Gasteiger partial charge < -0.3 is 0 Å². The van der Waals surface area contributed by atoms with E-state index in [4.69, 9.17) is 0 Å². The smallest absolute Gasteiger partial charge is 0.143 e. The SMILES string of the molecule is CC1=NC2CCC1C(=O)C2. The summed E-state index contributed by atoms with van der Waals surface area (Å²) >= 11 is 0. The van der Waals surface area contributed by atoms with Crippen molar-refractivity contribution in [3.8, 4) is 0 Å². The van der Waals surface area contributed by atoms with E-state index in [2.05, 4.69) is 4.99 Å². The second-order valence-electron chi connectivity index (χ2n) is 3.22. The minimum Gasteiger partial charge on any atom is -0.299 e. The maximum Gasteiger partial charge on any atom is 0.143 e. The zero-order valence-corrected chi connectivity index (χ0v) is 6.13. The quantitative estimate of drug-likeness (QED) is 0.493. The normalized spacial score (nSPS) is 38.1. The summed E-state index contributed by atoms with van der Waals surface area (Å²) in [6, 6.07) is 0.345. The van der Waals surface area contributed by atoms with E-state index in [9.17, 15) is 4.79 Å². The van der Waals surface area contributed by atoms with Crippen molar-refractivity contribution < 1.29 is 4.79 Å². The Balaban J connectivity index is 2.35. The van der Waals surface area contributed by atoms with E-state index >= 15 is 0 Å². The third kappa shape index (κ3) is 0.713. The van der Waals surface area contributed by atoms with Gasteiger partial charge in [0.1, 0.15) is 5.78 Å². The molecule has 3 aliphatic rings. The lowest BCUT2D eigenvalue weighted by Crippen LogP contribution is -2.37. The van der Waals surface area contributed by atoms with Gasteiger partial charge in [-0.15, -0.1) is 0 Å². The molecule has 0 aromatic carbocycles. The molecular weight excluding hydrogens is 126 g/mol. The molecule has 0 N–H and O–H groups in total. The second kappa shape index (κ2) is 1.91. The number of carbonyl (C=O) groups excluding carboxylic acids is 1. The van der Waals surface area contributed by atoms with Gasteiger partial charge in [0.05, 0.1) is 12.0 Å². The fourth-order valence-electron chi connectivity index (χ4n) is 1.93. The van der Waals surface area contributed by atoms with E-state index in [1.165, 1.54) is 0 Å². The molecule has 0 amide bonds. The van der Waals surface area contributed by atoms with Crippen LogP contribution in [0, 0.1) is 5.92 Å². The second-order valence-corrected chi connectivity index (χ2v) is 3.22. The predicted octanol–water partition coefficient (Wildman–Crippen LogP) is 1.20. The average Bonchev–Trinajstić information content (AvgIpc) is 1.86. The van der Waals surface area contributed by atoms with Crippen LogP contribution in [0.2, 0.25) is 0 Å². The van der Waals surface area contributed by atoms with E-state index in [0.717, 1.165) is 18.6 Å². The minimum absolute atomic E-state index is 0.199. The number of fused-ring (bicyclic) bond motifs is 2. The van der Waals surface area contributed by atoms with Gasteiger partial charge in [-0.3, -0.25) is 9.79 Å². The Bertz CT molecular complexity index is 207. The highest BCUT2D eigenvalue weighted by Gasteiger charge is 2.34. The van der Waals surface area contributed by atoms with Crippen molar-refractivity contribution in [2.45, 2.75) is 32.2 Å². The van der Waals surface area contributed by atoms with E-state index in [-0.39, 0.29) is 5.92 Å². The lowest BCUT2D eigenvalue weighted by Gasteiger charge is -2.31. The molecule has 2 nitrogen and oxygen atoms in total. The highest BCUT2D eigenvalue weighted by molar-refractivity contribution is 6.06. The zero-order chi connectivity index (χ0) is 7.14. The molecule has 1 saturated carbocycles. The maximum absolute atomic E-state index is 11.2. The number of hydrogen-bond acceptors (Lipinski definition) is 2. The lowest BCUT2D eigenvalue weighted by atomic mass is 9.79. The Kier molecular flexibility index (Phi) is 1.16. The van der Waals surface area contributed by atoms with Gasteiger partial charge in [-0.25, -0.2) is 0 Å². The third-order valence-electron chi connectivity index (χ3n) is 2.50. The van der Waals surface area contributed by atoms with Crippen molar-refractivity contribution in [3.05, 3.63) is 0 Å². The molecule has 1 aliphatic carbocycles. The summed E-state index contributed by atoms with van der Waals surface area (Å²) in [4.78, 5) is 15.6. The van der Waals surface area contributed by atoms with Gasteiger partial charge in [-0.05, 0) is 19.8 Å². The standard InChI is InChI=1S/C8H11NO/c1-5-7-3-2-6(9-5)4-8(7)10/h6-7H,2-4H2,1H3. The summed E-state index contributed by atoms with van der Waals surface area (Å²) in [6.45, 7) is 1.98. The maximum atomic E-state index is 11.2. The van der Waals surface area contributed by atoms with E-state index in [0.29, 0.717) is 18.2 Å². The molecular formula is C8H11NO. The number of carbonyl (C=O) groups is 1. The van der Waals surface area contributed by atoms with Crippen LogP contribution < -0.4 is 0 Å². The third-order valence-corrected chi connectivity index (χ3v) is 2.50. The summed E-state index contributed by atoms with van der Waals surface area (Å²) in [5, 5.41) is 0. The first-order valence-corrected chi connectivity index (χ1v) is 3.84. The van der Waals surface area contributed by atoms with Gasteiger partial charge in [0, 0.05) is 12.1 Å². The number of Topliss-reactive ketones (excluding diaryl/α,β-unsaturated/α-hetero) is 1. The Morgan fingerprint density at radius 2 is 2.30 bits per heavy atom. The first kappa shape index (κ1) is 6.08. The van der Waals surface area contributed by atoms with Gasteiger partial charge in [-0.2, -0.15) is 0 Å². The Morgan fingerprint density at radius 3 is 2.70 bits per heavy atom. The Hall–Kier alpha value is -0.660. The molecule has 3 rings (SSSR count). The predicted molar refractivity (Wildman–Crippen MR) is 39.2 cm³/mol. The van der Waals surface area contributed by atoms with Gasteiger partial charge in [-0.1, -0.05) is 0 Å². The lowest BCUT2D eigenvalue weighted by molar-refractivity contribution is -0.123. The fraction of sp³-hybridized carbons (Fsp3) is 0.750. The highest BCUT2D eigenvalue weighted by Crippen LogP contribution is 2.30. The van der Waals surface area contributed by atoms with Crippen LogP contribution in [0.4, 0.5) is 0 Å². The summed E-state index contributed by atoms with van der Waals surface area (Å²) in [7, 11) is 0. The van der Waals surface area contributed by atoms with Crippen LogP contribution in [0.5, 0.6) is 0 Å². The van der Waals surface area contributed by atoms with E-state index in [1.807, 2.05) is 6.92 Å². The molecule has 2 heterocycles. The summed E-state index contributed by atoms with van der Waals surface area (Å²) < 4.78 is 0. The number of rotatable bonds is 0. The van der Waals surface area contributed by atoms with Crippen LogP contribution >= 0.6 is 0 Å². The Morgan fingerprint density at radius 1 is 1.50 bits per heavy atom. The van der Waals surface area contributed by atoms with Gasteiger partial charge >= 0.3 is 0 Å². The van der Waals surface area contributed by atoms with Crippen molar-refractivity contribution in [2.75, 3.05) is 0 Å². The zero-order valence-electron chi connectivity index (χ0n) is 6.13. The summed E-state index contributed by atoms with van der Waals surface area (Å²) in [5.41, 5.74) is 1.08. The molecule has 0 aromatic rings. The molecule has 0 spiro atoms. The molecule has 54 valence electrons. The van der Waals surface area contributed by atoms with Crippen molar-refractivity contribution in [3.63, 3.8) is 0 Å². The molecule has 2 unspecified atom stereocenters. The molecule has 0 saturated heterocycles. The molecule has 2 atom stereocenters. The topological polar surface area (TPSA) is 29.4 Å². The highest BCUT2D eigenvalue weighted by atomic mass is 16.1. The average molecular weight is 137 g/mol. The van der Waals surface area contributed by atoms with Gasteiger partial charge in [0.15, 0.2) is 0 Å². The summed E-state index contributed by atoms with van der Waals surface area (Å²) in [6.07, 6.45) is 2.90. The van der Waals surface area contributed by atoms with Crippen molar-refractivity contribution in [2.24, 2.45) is 10.9 Å². The largest absolute Gasteiger partial charge is 0.299 e. The Labute approximate surface area is 60.3 Å². The van der Waals surface area contributed by atoms with Gasteiger partial charge in [0.2, 0.25) is 0 Å². The minimum atomic E-state index is 0.199. The van der Waals surface area contributed by atoms with Crippen molar-refractivity contribution in [1.29, 1.82) is 0 Å². The number of hydrogen-bond donors (Lipinski definition) is 0. The molecule has 10 heavy (non-hydrogen) atoms. The molecule has 2 aliphatic heterocycles. The first-order chi connectivity index (χ1) is 4.77. The fourth-order valence-corrected chi connectivity index (χ4v) is 1.93. The first-order valence-electron chi connectivity index (χ1n) is 3.84. The van der Waals surface area contributed by atoms with Gasteiger partial charge in [0.25, 0.3) is 0 Å². The van der Waals surface area contributed by atoms with Crippen LogP contribution in [0.3, 0.4) is 0 Å². The molecule has 2 heteroatoms. The molecule has 1 fully saturated rings. The number of nitrogens with zero attached hydrogens (tertiary/aromatic N) is 1. The van der Waals surface area contributed by atoms with Crippen LogP contribution in [0.15, 0.2) is 4.99 Å². The molecule has 0 aromatic heterocycles. The van der Waals surface area contributed by atoms with E-state index < -0.39 is 0 Å². The van der Waals surface area contributed by atoms with E-state index in [1.54, 1.807) is 0 Å². The van der Waals surface area contributed by atoms with Crippen LogP contribution in [-0.2, 0) is 4.79 Å². The van der Waals surface area contributed by atoms with Crippen molar-refractivity contribution in [1.82, 2.24) is 0 Å². The number of ketones is 1. The van der Waals surface area contributed by atoms with Crippen LogP contribution in [0.1, 0.15) is 26.2 Å². The van der Waals surface area contributed by atoms with Crippen LogP contribution in [-0.4, -0.2) is 17.5 Å². The molecule has 2 bridgehead atoms. The monoisotopic (exact) mass is 137 g/mol. The summed E-state index contributed by atoms with van der Waals surface area (Å²) in [5.74, 6) is 0.619.